The van der Waals surface area contributed by atoms with Crippen molar-refractivity contribution in [1.29, 1.82) is 0 Å². The number of pyridine rings is 1. The number of amides is 2. The monoisotopic (exact) mass is 425 g/mol. The number of nitro groups is 1. The molecule has 0 aliphatic heterocycles. The fourth-order valence-electron chi connectivity index (χ4n) is 2.41. The van der Waals surface area contributed by atoms with Crippen LogP contribution < -0.4 is 16.0 Å². The molecule has 0 fully saturated rings. The van der Waals surface area contributed by atoms with Gasteiger partial charge in [-0.05, 0) is 31.2 Å². The Morgan fingerprint density at radius 3 is 2.53 bits per heavy atom. The van der Waals surface area contributed by atoms with E-state index in [-0.39, 0.29) is 23.0 Å². The van der Waals surface area contributed by atoms with Gasteiger partial charge in [0.2, 0.25) is 5.91 Å². The third-order valence-electron chi connectivity index (χ3n) is 3.86. The molecule has 160 valence electrons. The van der Waals surface area contributed by atoms with E-state index in [1.807, 2.05) is 0 Å². The normalized spacial score (nSPS) is 12.0. The second kappa shape index (κ2) is 9.67. The van der Waals surface area contributed by atoms with E-state index in [0.29, 0.717) is 5.69 Å². The summed E-state index contributed by atoms with van der Waals surface area (Å²) in [6.07, 6.45) is -2.99. The van der Waals surface area contributed by atoms with Crippen molar-refractivity contribution in [3.63, 3.8) is 0 Å². The number of benzene rings is 1. The predicted octanol–water partition coefficient (Wildman–Crippen LogP) is 2.57. The number of rotatable bonds is 8. The topological polar surface area (TPSA) is 126 Å². The smallest absolute Gasteiger partial charge is 0.371 e. The molecule has 3 N–H and O–H groups in total. The molecule has 0 saturated heterocycles. The van der Waals surface area contributed by atoms with Crippen LogP contribution in [-0.2, 0) is 4.79 Å². The van der Waals surface area contributed by atoms with Gasteiger partial charge in [0.1, 0.15) is 12.2 Å². The molecule has 2 aromatic rings. The lowest BCUT2D eigenvalue weighted by Crippen LogP contribution is -2.40. The van der Waals surface area contributed by atoms with Crippen LogP contribution in [0.1, 0.15) is 29.0 Å². The van der Waals surface area contributed by atoms with Gasteiger partial charge >= 0.3 is 6.18 Å². The zero-order valence-electron chi connectivity index (χ0n) is 15.7. The number of alkyl halides is 3. The average Bonchev–Trinajstić information content (AvgIpc) is 2.70. The Morgan fingerprint density at radius 2 is 1.93 bits per heavy atom. The SMILES string of the molecule is CC(Nc1ccc(C(=O)NCC(=O)NCC(F)(F)F)cc1[N+](=O)[O-])c1ccccn1. The Bertz CT molecular complexity index is 922. The summed E-state index contributed by atoms with van der Waals surface area (Å²) in [5.41, 5.74) is 0.296. The van der Waals surface area contributed by atoms with Gasteiger partial charge in [-0.3, -0.25) is 24.7 Å². The van der Waals surface area contributed by atoms with Gasteiger partial charge in [0.15, 0.2) is 0 Å². The Kier molecular flexibility index (Phi) is 7.28. The highest BCUT2D eigenvalue weighted by atomic mass is 19.4. The highest BCUT2D eigenvalue weighted by molar-refractivity contribution is 5.97. The molecule has 0 saturated carbocycles. The van der Waals surface area contributed by atoms with Gasteiger partial charge < -0.3 is 16.0 Å². The third kappa shape index (κ3) is 6.72. The minimum atomic E-state index is -4.57. The summed E-state index contributed by atoms with van der Waals surface area (Å²) >= 11 is 0. The molecule has 2 amide bonds. The second-order valence-electron chi connectivity index (χ2n) is 6.18. The number of hydrogen-bond acceptors (Lipinski definition) is 6. The van der Waals surface area contributed by atoms with Crippen LogP contribution in [-0.4, -0.2) is 41.0 Å². The van der Waals surface area contributed by atoms with Gasteiger partial charge in [-0.25, -0.2) is 0 Å². The lowest BCUT2D eigenvalue weighted by molar-refractivity contribution is -0.384. The van der Waals surface area contributed by atoms with E-state index in [2.05, 4.69) is 15.6 Å². The van der Waals surface area contributed by atoms with Crippen LogP contribution in [0.2, 0.25) is 0 Å². The lowest BCUT2D eigenvalue weighted by atomic mass is 10.1. The van der Waals surface area contributed by atoms with Gasteiger partial charge in [-0.1, -0.05) is 6.07 Å². The number of carbonyl (C=O) groups excluding carboxylic acids is 2. The van der Waals surface area contributed by atoms with Gasteiger partial charge in [0.25, 0.3) is 11.6 Å². The molecule has 0 spiro atoms. The van der Waals surface area contributed by atoms with E-state index in [0.717, 1.165) is 6.07 Å². The summed E-state index contributed by atoms with van der Waals surface area (Å²) in [6, 6.07) is 8.52. The maximum Gasteiger partial charge on any atom is 0.405 e. The van der Waals surface area contributed by atoms with Crippen LogP contribution in [0.25, 0.3) is 0 Å². The van der Waals surface area contributed by atoms with Gasteiger partial charge in [0.05, 0.1) is 23.2 Å². The van der Waals surface area contributed by atoms with Crippen molar-refractivity contribution in [2.45, 2.75) is 19.1 Å². The average molecular weight is 425 g/mol. The lowest BCUT2D eigenvalue weighted by Gasteiger charge is -2.15. The number of nitrogens with zero attached hydrogens (tertiary/aromatic N) is 2. The Balaban J connectivity index is 2.06. The fraction of sp³-hybridized carbons (Fsp3) is 0.278. The van der Waals surface area contributed by atoms with Gasteiger partial charge in [0, 0.05) is 17.8 Å². The summed E-state index contributed by atoms with van der Waals surface area (Å²) in [5, 5.41) is 18.1. The summed E-state index contributed by atoms with van der Waals surface area (Å²) in [5.74, 6) is -1.89. The number of halogens is 3. The van der Waals surface area contributed by atoms with Crippen LogP contribution in [0, 0.1) is 10.1 Å². The molecular formula is C18H18F3N5O4. The van der Waals surface area contributed by atoms with E-state index >= 15 is 0 Å². The Labute approximate surface area is 168 Å². The number of aromatic nitrogens is 1. The van der Waals surface area contributed by atoms with E-state index in [1.165, 1.54) is 12.1 Å². The number of hydrogen-bond donors (Lipinski definition) is 3. The van der Waals surface area contributed by atoms with Crippen molar-refractivity contribution in [1.82, 2.24) is 15.6 Å². The van der Waals surface area contributed by atoms with Crippen molar-refractivity contribution in [3.8, 4) is 0 Å². The predicted molar refractivity (Wildman–Crippen MR) is 101 cm³/mol. The summed E-state index contributed by atoms with van der Waals surface area (Å²) in [7, 11) is 0. The number of nitro benzene ring substituents is 1. The number of nitrogens with one attached hydrogen (secondary N) is 3. The van der Waals surface area contributed by atoms with Crippen molar-refractivity contribution in [2.75, 3.05) is 18.4 Å². The standard InChI is InChI=1S/C18H18F3N5O4/c1-11(13-4-2-3-7-22-13)25-14-6-5-12(8-15(14)26(29)30)17(28)23-9-16(27)24-10-18(19,20)21/h2-8,11,25H,9-10H2,1H3,(H,23,28)(H,24,27). The summed E-state index contributed by atoms with van der Waals surface area (Å²) in [6.45, 7) is -0.479. The molecule has 1 heterocycles. The molecule has 1 aromatic heterocycles. The first kappa shape index (κ1) is 22.6. The summed E-state index contributed by atoms with van der Waals surface area (Å²) < 4.78 is 36.2. The molecule has 0 aliphatic rings. The van der Waals surface area contributed by atoms with Crippen molar-refractivity contribution in [3.05, 3.63) is 64.0 Å². The quantitative estimate of drug-likeness (QED) is 0.441. The molecule has 1 atom stereocenters. The van der Waals surface area contributed by atoms with E-state index in [9.17, 15) is 32.9 Å². The molecule has 1 aromatic carbocycles. The van der Waals surface area contributed by atoms with Crippen LogP contribution in [0.5, 0.6) is 0 Å². The molecule has 0 aliphatic carbocycles. The highest BCUT2D eigenvalue weighted by Gasteiger charge is 2.27. The van der Waals surface area contributed by atoms with E-state index in [4.69, 9.17) is 0 Å². The molecule has 0 radical (unpaired) electrons. The zero-order valence-corrected chi connectivity index (χ0v) is 15.7. The largest absolute Gasteiger partial charge is 0.405 e. The third-order valence-corrected chi connectivity index (χ3v) is 3.86. The maximum absolute atomic E-state index is 12.1. The molecule has 2 rings (SSSR count). The molecular weight excluding hydrogens is 407 g/mol. The maximum atomic E-state index is 12.1. The van der Waals surface area contributed by atoms with E-state index < -0.39 is 36.0 Å². The fourth-order valence-corrected chi connectivity index (χ4v) is 2.41. The minimum Gasteiger partial charge on any atom is -0.371 e. The molecule has 0 bridgehead atoms. The van der Waals surface area contributed by atoms with Gasteiger partial charge in [-0.2, -0.15) is 13.2 Å². The number of anilines is 1. The number of carbonyl (C=O) groups is 2. The van der Waals surface area contributed by atoms with Gasteiger partial charge in [-0.15, -0.1) is 0 Å². The molecule has 9 nitrogen and oxygen atoms in total. The van der Waals surface area contributed by atoms with E-state index in [1.54, 1.807) is 36.6 Å². The van der Waals surface area contributed by atoms with Crippen LogP contribution in [0.3, 0.4) is 0 Å². The Morgan fingerprint density at radius 1 is 1.20 bits per heavy atom. The first-order chi connectivity index (χ1) is 14.1. The summed E-state index contributed by atoms with van der Waals surface area (Å²) in [4.78, 5) is 38.4. The zero-order chi connectivity index (χ0) is 22.3. The first-order valence-corrected chi connectivity index (χ1v) is 8.64. The molecule has 1 unspecified atom stereocenters. The van der Waals surface area contributed by atoms with Crippen LogP contribution in [0.15, 0.2) is 42.6 Å². The molecule has 30 heavy (non-hydrogen) atoms. The Hall–Kier alpha value is -3.70. The first-order valence-electron chi connectivity index (χ1n) is 8.64. The van der Waals surface area contributed by atoms with Crippen molar-refractivity contribution < 1.29 is 27.7 Å². The van der Waals surface area contributed by atoms with Crippen molar-refractivity contribution >= 4 is 23.2 Å². The minimum absolute atomic E-state index is 0.124. The second-order valence-corrected chi connectivity index (χ2v) is 6.18. The molecule has 12 heteroatoms. The van der Waals surface area contributed by atoms with Crippen molar-refractivity contribution in [2.24, 2.45) is 0 Å². The van der Waals surface area contributed by atoms with Crippen LogP contribution >= 0.6 is 0 Å². The van der Waals surface area contributed by atoms with Crippen LogP contribution in [0.4, 0.5) is 24.5 Å². The highest BCUT2D eigenvalue weighted by Crippen LogP contribution is 2.28.